The normalized spacial score (nSPS) is 20.2. The second kappa shape index (κ2) is 15.5. The van der Waals surface area contributed by atoms with E-state index in [4.69, 9.17) is 47.5 Å². The number of ether oxygens (including phenoxy) is 3. The summed E-state index contributed by atoms with van der Waals surface area (Å²) in [6.07, 6.45) is -0.106. The van der Waals surface area contributed by atoms with Gasteiger partial charge in [-0.25, -0.2) is 10.4 Å². The Kier molecular flexibility index (Phi) is 11.5. The molecule has 9 nitrogen and oxygen atoms in total. The molecule has 1 amide bonds. The average Bonchev–Trinajstić information content (AvgIpc) is 3.41. The molecule has 0 aliphatic carbocycles. The Bertz CT molecular complexity index is 1450. The molecule has 3 N–H and O–H groups in total. The van der Waals surface area contributed by atoms with Crippen LogP contribution in [0.25, 0.3) is 0 Å². The van der Waals surface area contributed by atoms with Crippen molar-refractivity contribution in [3.8, 4) is 5.75 Å². The van der Waals surface area contributed by atoms with E-state index in [-0.39, 0.29) is 18.9 Å². The highest BCUT2D eigenvalue weighted by atomic mass is 79.9. The maximum absolute atomic E-state index is 14.4. The number of aliphatic hydroxyl groups excluding tert-OH is 1. The van der Waals surface area contributed by atoms with Crippen molar-refractivity contribution < 1.29 is 24.1 Å². The van der Waals surface area contributed by atoms with Gasteiger partial charge in [-0.2, -0.15) is 0 Å². The summed E-state index contributed by atoms with van der Waals surface area (Å²) in [6, 6.07) is 20.2. The van der Waals surface area contributed by atoms with E-state index in [0.717, 1.165) is 29.7 Å². The van der Waals surface area contributed by atoms with Gasteiger partial charge in [-0.15, -0.1) is 0 Å². The molecule has 3 aromatic rings. The molecule has 0 bridgehead atoms. The van der Waals surface area contributed by atoms with Crippen molar-refractivity contribution in [3.05, 3.63) is 97.9 Å². The highest BCUT2D eigenvalue weighted by Crippen LogP contribution is 2.45. The minimum atomic E-state index is -1.43. The molecule has 5 rings (SSSR count). The molecule has 234 valence electrons. The van der Waals surface area contributed by atoms with Gasteiger partial charge < -0.3 is 19.3 Å². The monoisotopic (exact) mass is 704 g/mol. The zero-order chi connectivity index (χ0) is 30.9. The first kappa shape index (κ1) is 32.7. The van der Waals surface area contributed by atoms with Crippen LogP contribution >= 0.6 is 39.1 Å². The second-order valence-electron chi connectivity index (χ2n) is 10.6. The van der Waals surface area contributed by atoms with Crippen LogP contribution in [-0.4, -0.2) is 80.0 Å². The van der Waals surface area contributed by atoms with Gasteiger partial charge in [0.25, 0.3) is 5.91 Å². The minimum Gasteiger partial charge on any atom is -0.494 e. The highest BCUT2D eigenvalue weighted by molar-refractivity contribution is 9.10. The fourth-order valence-electron chi connectivity index (χ4n) is 5.20. The fraction of sp³-hybridized carbons (Fsp3) is 0.375. The molecule has 0 unspecified atom stereocenters. The van der Waals surface area contributed by atoms with Crippen molar-refractivity contribution in [1.82, 2.24) is 15.8 Å². The molecule has 2 heterocycles. The van der Waals surface area contributed by atoms with E-state index in [0.29, 0.717) is 65.6 Å². The van der Waals surface area contributed by atoms with Crippen LogP contribution in [0.1, 0.15) is 29.2 Å². The van der Waals surface area contributed by atoms with Gasteiger partial charge in [0, 0.05) is 71.3 Å². The molecule has 3 aromatic carbocycles. The summed E-state index contributed by atoms with van der Waals surface area (Å²) in [5.74, 6) is 0.600. The number of hydrogen-bond acceptors (Lipinski definition) is 8. The Balaban J connectivity index is 1.49. The van der Waals surface area contributed by atoms with Crippen molar-refractivity contribution in [2.75, 3.05) is 52.6 Å². The van der Waals surface area contributed by atoms with Crippen molar-refractivity contribution in [1.29, 1.82) is 0 Å². The van der Waals surface area contributed by atoms with Crippen molar-refractivity contribution >= 4 is 50.9 Å². The minimum absolute atomic E-state index is 0.0567. The summed E-state index contributed by atoms with van der Waals surface area (Å²) in [4.78, 5) is 21.7. The number of rotatable bonds is 13. The fourth-order valence-corrected chi connectivity index (χ4v) is 6.13. The number of halogens is 3. The SMILES string of the molecule is O=C(NNCCN1CCOCC1)[C@@]1(Cc2ccccc2Br)N=C(c2ccc(OCCCO)cc2)O[C@H]1c1ccc(Cl)cc1Cl. The van der Waals surface area contributed by atoms with Gasteiger partial charge in [0.1, 0.15) is 5.75 Å². The van der Waals surface area contributed by atoms with Crippen LogP contribution in [0, 0.1) is 0 Å². The first-order chi connectivity index (χ1) is 21.4. The van der Waals surface area contributed by atoms with E-state index in [1.165, 1.54) is 0 Å². The zero-order valence-corrected chi connectivity index (χ0v) is 27.2. The Labute approximate surface area is 275 Å². The predicted molar refractivity (Wildman–Crippen MR) is 174 cm³/mol. The van der Waals surface area contributed by atoms with Gasteiger partial charge in [0.2, 0.25) is 5.90 Å². The Morgan fingerprint density at radius 3 is 2.61 bits per heavy atom. The quantitative estimate of drug-likeness (QED) is 0.171. The summed E-state index contributed by atoms with van der Waals surface area (Å²) in [5, 5.41) is 9.90. The largest absolute Gasteiger partial charge is 0.494 e. The van der Waals surface area contributed by atoms with E-state index < -0.39 is 11.6 Å². The lowest BCUT2D eigenvalue weighted by molar-refractivity contribution is -0.130. The molecule has 2 atom stereocenters. The van der Waals surface area contributed by atoms with E-state index in [1.54, 1.807) is 18.2 Å². The van der Waals surface area contributed by atoms with Crippen LogP contribution in [0.15, 0.2) is 76.2 Å². The van der Waals surface area contributed by atoms with E-state index in [2.05, 4.69) is 31.7 Å². The maximum Gasteiger partial charge on any atom is 0.266 e. The molecule has 0 spiro atoms. The lowest BCUT2D eigenvalue weighted by atomic mass is 9.82. The van der Waals surface area contributed by atoms with E-state index in [1.807, 2.05) is 48.5 Å². The molecule has 2 aliphatic rings. The molecular weight excluding hydrogens is 671 g/mol. The third-order valence-corrected chi connectivity index (χ3v) is 8.89. The summed E-state index contributed by atoms with van der Waals surface area (Å²) < 4.78 is 18.5. The second-order valence-corrected chi connectivity index (χ2v) is 12.3. The van der Waals surface area contributed by atoms with Crippen LogP contribution < -0.4 is 15.6 Å². The van der Waals surface area contributed by atoms with Crippen LogP contribution in [-0.2, 0) is 20.7 Å². The van der Waals surface area contributed by atoms with Gasteiger partial charge >= 0.3 is 0 Å². The number of nitrogens with zero attached hydrogens (tertiary/aromatic N) is 2. The molecule has 0 radical (unpaired) electrons. The van der Waals surface area contributed by atoms with Gasteiger partial charge in [0.05, 0.1) is 19.8 Å². The zero-order valence-electron chi connectivity index (χ0n) is 24.1. The van der Waals surface area contributed by atoms with Gasteiger partial charge in [-0.3, -0.25) is 15.1 Å². The van der Waals surface area contributed by atoms with Gasteiger partial charge in [-0.1, -0.05) is 63.4 Å². The smallest absolute Gasteiger partial charge is 0.266 e. The van der Waals surface area contributed by atoms with Crippen LogP contribution in [0.4, 0.5) is 0 Å². The van der Waals surface area contributed by atoms with Crippen molar-refractivity contribution in [2.24, 2.45) is 4.99 Å². The van der Waals surface area contributed by atoms with Crippen molar-refractivity contribution in [3.63, 3.8) is 0 Å². The lowest BCUT2D eigenvalue weighted by Crippen LogP contribution is -2.55. The van der Waals surface area contributed by atoms with Crippen LogP contribution in [0.2, 0.25) is 10.0 Å². The Morgan fingerprint density at radius 2 is 1.89 bits per heavy atom. The molecule has 1 fully saturated rings. The summed E-state index contributed by atoms with van der Waals surface area (Å²) >= 11 is 16.6. The molecular formula is C32H35BrCl2N4O5. The number of nitrogens with one attached hydrogen (secondary N) is 2. The van der Waals surface area contributed by atoms with Gasteiger partial charge in [-0.05, 0) is 48.0 Å². The molecule has 0 saturated carbocycles. The maximum atomic E-state index is 14.4. The Hall–Kier alpha value is -2.70. The number of amides is 1. The van der Waals surface area contributed by atoms with E-state index in [9.17, 15) is 4.79 Å². The Morgan fingerprint density at radius 1 is 1.11 bits per heavy atom. The number of carbonyl (C=O) groups is 1. The van der Waals surface area contributed by atoms with Gasteiger partial charge in [0.15, 0.2) is 11.6 Å². The molecule has 0 aromatic heterocycles. The lowest BCUT2D eigenvalue weighted by Gasteiger charge is -2.32. The highest BCUT2D eigenvalue weighted by Gasteiger charge is 2.54. The number of hydrazine groups is 1. The van der Waals surface area contributed by atoms with Crippen LogP contribution in [0.3, 0.4) is 0 Å². The molecule has 1 saturated heterocycles. The third kappa shape index (κ3) is 7.92. The number of hydrogen-bond donors (Lipinski definition) is 3. The first-order valence-electron chi connectivity index (χ1n) is 14.5. The number of aliphatic hydroxyl groups is 1. The standard InChI is InChI=1S/C32H35BrCl2N4O5/c33-27-5-2-1-4-23(27)21-32(31(41)38-36-12-13-39-14-18-42-19-15-39)29(26-11-8-24(34)20-28(26)35)44-30(37-32)22-6-9-25(10-7-22)43-17-3-16-40/h1-2,4-11,20,29,36,40H,3,12-19,21H2,(H,38,41)/t29-,32-/m0/s1. The number of carbonyl (C=O) groups excluding carboxylic acids is 1. The molecule has 2 aliphatic heterocycles. The van der Waals surface area contributed by atoms with E-state index >= 15 is 0 Å². The summed E-state index contributed by atoms with van der Waals surface area (Å²) in [5.41, 5.74) is 6.76. The molecule has 12 heteroatoms. The first-order valence-corrected chi connectivity index (χ1v) is 16.1. The van der Waals surface area contributed by atoms with Crippen molar-refractivity contribution in [2.45, 2.75) is 24.5 Å². The summed E-state index contributed by atoms with van der Waals surface area (Å²) in [7, 11) is 0. The predicted octanol–water partition coefficient (Wildman–Crippen LogP) is 4.97. The average molecular weight is 706 g/mol. The van der Waals surface area contributed by atoms with Crippen LogP contribution in [0.5, 0.6) is 5.75 Å². The summed E-state index contributed by atoms with van der Waals surface area (Å²) in [6.45, 7) is 4.87. The third-order valence-electron chi connectivity index (χ3n) is 7.55. The number of morpholine rings is 1. The number of benzene rings is 3. The molecule has 44 heavy (non-hydrogen) atoms. The topological polar surface area (TPSA) is 105 Å². The number of aliphatic imine (C=N–C) groups is 1.